The number of quaternary nitrogens is 1. The molecule has 4 rings (SSSR count). The third kappa shape index (κ3) is 4.54. The molecular weight excluding hydrogens is 393 g/mol. The number of fused-ring (bicyclic) bond motifs is 1. The van der Waals surface area contributed by atoms with E-state index in [0.29, 0.717) is 0 Å². The molecule has 8 heteroatoms. The first-order valence-corrected chi connectivity index (χ1v) is 9.86. The van der Waals surface area contributed by atoms with Crippen molar-refractivity contribution in [3.05, 3.63) is 66.2 Å². The van der Waals surface area contributed by atoms with Gasteiger partial charge in [0, 0.05) is 11.5 Å². The molecule has 0 atom stereocenters. The van der Waals surface area contributed by atoms with Gasteiger partial charge >= 0.3 is 6.18 Å². The molecule has 0 spiro atoms. The first-order chi connectivity index (χ1) is 14.4. The van der Waals surface area contributed by atoms with Crippen molar-refractivity contribution in [2.24, 2.45) is 0 Å². The van der Waals surface area contributed by atoms with Gasteiger partial charge in [-0.3, -0.25) is 9.69 Å². The second kappa shape index (κ2) is 8.31. The normalized spacial score (nSPS) is 15.4. The SMILES string of the molecule is O=C(C[NH+]1CCN(c2ccc3ccccc3[nH+]2)CC1)Nc1ccccc1C(F)(F)F. The Kier molecular flexibility index (Phi) is 5.59. The summed E-state index contributed by atoms with van der Waals surface area (Å²) in [4.78, 5) is 19.1. The molecule has 5 nitrogen and oxygen atoms in total. The zero-order chi connectivity index (χ0) is 21.1. The fraction of sp³-hybridized carbons (Fsp3) is 0.273. The number of anilines is 2. The summed E-state index contributed by atoms with van der Waals surface area (Å²) in [6.45, 7) is 3.12. The lowest BCUT2D eigenvalue weighted by Gasteiger charge is -2.28. The van der Waals surface area contributed by atoms with Gasteiger partial charge < -0.3 is 10.2 Å². The molecule has 2 aromatic carbocycles. The zero-order valence-corrected chi connectivity index (χ0v) is 16.3. The average Bonchev–Trinajstić information content (AvgIpc) is 2.73. The topological polar surface area (TPSA) is 50.9 Å². The number of aromatic nitrogens is 1. The summed E-state index contributed by atoms with van der Waals surface area (Å²) in [6.07, 6.45) is -4.50. The number of alkyl halides is 3. The number of nitrogens with one attached hydrogen (secondary N) is 3. The molecule has 0 unspecified atom stereocenters. The summed E-state index contributed by atoms with van der Waals surface area (Å²) in [5.41, 5.74) is 0.0382. The second-order valence-electron chi connectivity index (χ2n) is 7.44. The Balaban J connectivity index is 1.34. The Hall–Kier alpha value is -3.13. The van der Waals surface area contributed by atoms with Gasteiger partial charge in [0.15, 0.2) is 6.54 Å². The van der Waals surface area contributed by atoms with Crippen molar-refractivity contribution >= 4 is 28.3 Å². The van der Waals surface area contributed by atoms with Crippen molar-refractivity contribution in [2.45, 2.75) is 6.18 Å². The maximum absolute atomic E-state index is 13.1. The van der Waals surface area contributed by atoms with Crippen LogP contribution in [0.5, 0.6) is 0 Å². The standard InChI is InChI=1S/C22H21F3N4O/c23-22(24,25)17-6-2-4-8-19(17)27-21(30)15-28-11-13-29(14-12-28)20-10-9-16-5-1-3-7-18(16)26-20/h1-10H,11-15H2,(H,27,30)/p+2. The highest BCUT2D eigenvalue weighted by Crippen LogP contribution is 2.34. The van der Waals surface area contributed by atoms with E-state index in [0.717, 1.165) is 53.9 Å². The zero-order valence-electron chi connectivity index (χ0n) is 16.3. The van der Waals surface area contributed by atoms with Gasteiger partial charge in [-0.15, -0.1) is 0 Å². The molecule has 0 radical (unpaired) electrons. The van der Waals surface area contributed by atoms with Crippen LogP contribution >= 0.6 is 0 Å². The first kappa shape index (κ1) is 20.2. The van der Waals surface area contributed by atoms with E-state index in [4.69, 9.17) is 0 Å². The second-order valence-corrected chi connectivity index (χ2v) is 7.44. The van der Waals surface area contributed by atoms with Crippen LogP contribution in [-0.4, -0.2) is 38.6 Å². The molecule has 2 heterocycles. The number of amides is 1. The number of hydrogen-bond acceptors (Lipinski definition) is 2. The van der Waals surface area contributed by atoms with Crippen LogP contribution in [0.2, 0.25) is 0 Å². The number of nitrogens with zero attached hydrogens (tertiary/aromatic N) is 1. The van der Waals surface area contributed by atoms with E-state index in [1.165, 1.54) is 18.2 Å². The van der Waals surface area contributed by atoms with E-state index in [1.807, 2.05) is 30.3 Å². The molecule has 0 saturated carbocycles. The van der Waals surface area contributed by atoms with E-state index in [-0.39, 0.29) is 12.2 Å². The number of para-hydroxylation sites is 2. The van der Waals surface area contributed by atoms with Gasteiger partial charge in [-0.05, 0) is 24.3 Å². The number of benzene rings is 2. The Bertz CT molecular complexity index is 1050. The fourth-order valence-electron chi connectivity index (χ4n) is 3.79. The quantitative estimate of drug-likeness (QED) is 0.684. The van der Waals surface area contributed by atoms with Crippen LogP contribution in [0.4, 0.5) is 24.7 Å². The molecule has 30 heavy (non-hydrogen) atoms. The van der Waals surface area contributed by atoms with Crippen LogP contribution in [0.15, 0.2) is 60.7 Å². The molecule has 1 saturated heterocycles. The van der Waals surface area contributed by atoms with Gasteiger partial charge in [-0.25, -0.2) is 4.98 Å². The fourth-order valence-corrected chi connectivity index (χ4v) is 3.79. The number of rotatable bonds is 4. The van der Waals surface area contributed by atoms with E-state index < -0.39 is 17.6 Å². The molecule has 1 aliphatic heterocycles. The lowest BCUT2D eigenvalue weighted by molar-refractivity contribution is -0.892. The number of halogens is 3. The van der Waals surface area contributed by atoms with Gasteiger partial charge in [0.2, 0.25) is 0 Å². The molecule has 1 aromatic heterocycles. The number of piperazine rings is 1. The minimum atomic E-state index is -4.50. The van der Waals surface area contributed by atoms with E-state index in [1.54, 1.807) is 0 Å². The summed E-state index contributed by atoms with van der Waals surface area (Å²) >= 11 is 0. The first-order valence-electron chi connectivity index (χ1n) is 9.86. The predicted octanol–water partition coefficient (Wildman–Crippen LogP) is 2.02. The average molecular weight is 416 g/mol. The number of pyridine rings is 1. The predicted molar refractivity (Wildman–Crippen MR) is 108 cm³/mol. The molecular formula is C22H23F3N4O+2. The summed E-state index contributed by atoms with van der Waals surface area (Å²) in [6, 6.07) is 17.2. The number of H-pyrrole nitrogens is 1. The summed E-state index contributed by atoms with van der Waals surface area (Å²) in [7, 11) is 0. The highest BCUT2D eigenvalue weighted by Gasteiger charge is 2.34. The van der Waals surface area contributed by atoms with Crippen LogP contribution in [0.1, 0.15) is 5.56 Å². The minimum absolute atomic E-state index is 0.140. The van der Waals surface area contributed by atoms with E-state index in [2.05, 4.69) is 21.3 Å². The Morgan fingerprint density at radius 1 is 1.00 bits per heavy atom. The number of carbonyl (C=O) groups excluding carboxylic acids is 1. The molecule has 156 valence electrons. The highest BCUT2D eigenvalue weighted by atomic mass is 19.4. The lowest BCUT2D eigenvalue weighted by Crippen LogP contribution is -3.15. The monoisotopic (exact) mass is 416 g/mol. The third-order valence-electron chi connectivity index (χ3n) is 5.37. The van der Waals surface area contributed by atoms with Crippen molar-refractivity contribution in [1.29, 1.82) is 0 Å². The molecule has 1 amide bonds. The van der Waals surface area contributed by atoms with Crippen LogP contribution in [0.25, 0.3) is 10.9 Å². The van der Waals surface area contributed by atoms with Gasteiger partial charge in [0.05, 0.1) is 11.3 Å². The molecule has 1 aliphatic rings. The van der Waals surface area contributed by atoms with E-state index >= 15 is 0 Å². The number of hydrogen-bond donors (Lipinski definition) is 2. The number of aromatic amines is 1. The van der Waals surface area contributed by atoms with Gasteiger partial charge in [0.25, 0.3) is 11.7 Å². The number of carbonyl (C=O) groups is 1. The van der Waals surface area contributed by atoms with Crippen molar-refractivity contribution < 1.29 is 27.8 Å². The van der Waals surface area contributed by atoms with Crippen molar-refractivity contribution in [1.82, 2.24) is 0 Å². The summed E-state index contributed by atoms with van der Waals surface area (Å²) in [5, 5.41) is 3.57. The summed E-state index contributed by atoms with van der Waals surface area (Å²) in [5.74, 6) is 0.615. The molecule has 1 fully saturated rings. The molecule has 0 bridgehead atoms. The summed E-state index contributed by atoms with van der Waals surface area (Å²) < 4.78 is 39.3. The van der Waals surface area contributed by atoms with Crippen molar-refractivity contribution in [2.75, 3.05) is 42.9 Å². The minimum Gasteiger partial charge on any atom is -0.321 e. The lowest BCUT2D eigenvalue weighted by atomic mass is 10.1. The van der Waals surface area contributed by atoms with Gasteiger partial charge in [-0.2, -0.15) is 13.2 Å². The maximum atomic E-state index is 13.1. The third-order valence-corrected chi connectivity index (χ3v) is 5.37. The van der Waals surface area contributed by atoms with Gasteiger partial charge in [0.1, 0.15) is 31.7 Å². The Labute approximate surface area is 172 Å². The van der Waals surface area contributed by atoms with Crippen molar-refractivity contribution in [3.8, 4) is 0 Å². The largest absolute Gasteiger partial charge is 0.418 e. The van der Waals surface area contributed by atoms with Crippen molar-refractivity contribution in [3.63, 3.8) is 0 Å². The Morgan fingerprint density at radius 3 is 2.47 bits per heavy atom. The van der Waals surface area contributed by atoms with E-state index in [9.17, 15) is 18.0 Å². The maximum Gasteiger partial charge on any atom is 0.418 e. The highest BCUT2D eigenvalue weighted by molar-refractivity contribution is 5.92. The van der Waals surface area contributed by atoms with Crippen LogP contribution < -0.4 is 20.1 Å². The molecule has 0 aliphatic carbocycles. The molecule has 3 N–H and O–H groups in total. The van der Waals surface area contributed by atoms with Crippen LogP contribution in [0, 0.1) is 0 Å². The molecule has 3 aromatic rings. The Morgan fingerprint density at radius 2 is 1.70 bits per heavy atom. The van der Waals surface area contributed by atoms with Crippen LogP contribution in [-0.2, 0) is 11.0 Å². The van der Waals surface area contributed by atoms with Gasteiger partial charge in [-0.1, -0.05) is 30.3 Å². The smallest absolute Gasteiger partial charge is 0.321 e. The van der Waals surface area contributed by atoms with Crippen LogP contribution in [0.3, 0.4) is 0 Å².